The van der Waals surface area contributed by atoms with Gasteiger partial charge in [0, 0.05) is 27.6 Å². The largest absolute Gasteiger partial charge is 0.504 e. The number of hydrogen-bond acceptors (Lipinski definition) is 8. The molecule has 0 fully saturated rings. The molecule has 160 valence electrons. The Morgan fingerprint density at radius 1 is 0.969 bits per heavy atom. The van der Waals surface area contributed by atoms with Crippen molar-refractivity contribution in [1.82, 2.24) is 15.2 Å². The second kappa shape index (κ2) is 8.57. The molecule has 0 radical (unpaired) electrons. The molecule has 1 atom stereocenters. The SMILES string of the molecule is Oc1ccc([C@@H]2Nc3ccccc3-c3nnc(SCc4ccc(Cl)cc4)nc3O2)cc1O. The number of phenolic OH excluding ortho intramolecular Hbond substituents is 2. The number of phenols is 2. The summed E-state index contributed by atoms with van der Waals surface area (Å²) in [6, 6.07) is 19.8. The van der Waals surface area contributed by atoms with Gasteiger partial charge in [-0.05, 0) is 42.0 Å². The van der Waals surface area contributed by atoms with E-state index >= 15 is 0 Å². The molecule has 0 bridgehead atoms. The van der Waals surface area contributed by atoms with Crippen LogP contribution in [0.25, 0.3) is 11.3 Å². The van der Waals surface area contributed by atoms with Gasteiger partial charge in [0.05, 0.1) is 0 Å². The zero-order valence-electron chi connectivity index (χ0n) is 16.6. The Hall–Kier alpha value is -3.49. The molecule has 0 saturated heterocycles. The highest BCUT2D eigenvalue weighted by Gasteiger charge is 2.26. The number of anilines is 1. The van der Waals surface area contributed by atoms with E-state index in [1.807, 2.05) is 48.5 Å². The van der Waals surface area contributed by atoms with Crippen molar-refractivity contribution in [3.63, 3.8) is 0 Å². The van der Waals surface area contributed by atoms with E-state index in [0.29, 0.717) is 33.1 Å². The molecule has 7 nitrogen and oxygen atoms in total. The molecule has 32 heavy (non-hydrogen) atoms. The molecule has 0 unspecified atom stereocenters. The second-order valence-corrected chi connectivity index (χ2v) is 8.48. The Morgan fingerprint density at radius 3 is 2.59 bits per heavy atom. The third-order valence-electron chi connectivity index (χ3n) is 4.92. The lowest BCUT2D eigenvalue weighted by molar-refractivity contribution is 0.224. The number of ether oxygens (including phenoxy) is 1. The smallest absolute Gasteiger partial charge is 0.247 e. The van der Waals surface area contributed by atoms with Crippen molar-refractivity contribution in [3.8, 4) is 28.6 Å². The van der Waals surface area contributed by atoms with E-state index in [1.165, 1.54) is 23.9 Å². The van der Waals surface area contributed by atoms with Crippen molar-refractivity contribution in [1.29, 1.82) is 0 Å². The molecular formula is C23H17ClN4O3S. The molecule has 2 heterocycles. The maximum absolute atomic E-state index is 9.95. The summed E-state index contributed by atoms with van der Waals surface area (Å²) in [4.78, 5) is 4.61. The van der Waals surface area contributed by atoms with E-state index < -0.39 is 6.23 Å². The number of hydrogen-bond donors (Lipinski definition) is 3. The predicted octanol–water partition coefficient (Wildman–Crippen LogP) is 5.40. The fourth-order valence-corrected chi connectivity index (χ4v) is 4.15. The summed E-state index contributed by atoms with van der Waals surface area (Å²) < 4.78 is 6.18. The van der Waals surface area contributed by atoms with E-state index in [0.717, 1.165) is 16.8 Å². The van der Waals surface area contributed by atoms with Crippen LogP contribution in [0, 0.1) is 0 Å². The lowest BCUT2D eigenvalue weighted by Gasteiger charge is -2.19. The third kappa shape index (κ3) is 4.15. The van der Waals surface area contributed by atoms with Gasteiger partial charge in [0.15, 0.2) is 23.4 Å². The van der Waals surface area contributed by atoms with E-state index in [1.54, 1.807) is 6.07 Å². The average Bonchev–Trinajstić information content (AvgIpc) is 2.97. The van der Waals surface area contributed by atoms with Crippen molar-refractivity contribution in [2.75, 3.05) is 5.32 Å². The molecule has 3 N–H and O–H groups in total. The summed E-state index contributed by atoms with van der Waals surface area (Å²) in [6.45, 7) is 0. The number of rotatable bonds is 4. The minimum atomic E-state index is -0.658. The molecule has 0 amide bonds. The second-order valence-electron chi connectivity index (χ2n) is 7.10. The van der Waals surface area contributed by atoms with Gasteiger partial charge in [0.25, 0.3) is 0 Å². The van der Waals surface area contributed by atoms with Gasteiger partial charge in [0.1, 0.15) is 0 Å². The van der Waals surface area contributed by atoms with Crippen molar-refractivity contribution < 1.29 is 14.9 Å². The highest BCUT2D eigenvalue weighted by Crippen LogP contribution is 2.40. The molecule has 1 aromatic heterocycles. The lowest BCUT2D eigenvalue weighted by Crippen LogP contribution is -2.17. The van der Waals surface area contributed by atoms with Crippen LogP contribution in [0.4, 0.5) is 5.69 Å². The number of nitrogens with zero attached hydrogens (tertiary/aromatic N) is 3. The first-order valence-corrected chi connectivity index (χ1v) is 11.1. The van der Waals surface area contributed by atoms with Gasteiger partial charge < -0.3 is 20.3 Å². The van der Waals surface area contributed by atoms with Gasteiger partial charge in [0.2, 0.25) is 11.0 Å². The lowest BCUT2D eigenvalue weighted by atomic mass is 10.1. The van der Waals surface area contributed by atoms with Crippen molar-refractivity contribution in [3.05, 3.63) is 82.9 Å². The Balaban J connectivity index is 1.49. The molecule has 1 aliphatic heterocycles. The molecule has 3 aromatic carbocycles. The third-order valence-corrected chi connectivity index (χ3v) is 6.08. The molecule has 0 spiro atoms. The minimum Gasteiger partial charge on any atom is -0.504 e. The van der Waals surface area contributed by atoms with E-state index in [-0.39, 0.29) is 11.5 Å². The highest BCUT2D eigenvalue weighted by molar-refractivity contribution is 7.98. The molecule has 0 saturated carbocycles. The summed E-state index contributed by atoms with van der Waals surface area (Å²) in [5.41, 5.74) is 3.83. The van der Waals surface area contributed by atoms with E-state index in [2.05, 4.69) is 20.5 Å². The fraction of sp³-hybridized carbons (Fsp3) is 0.0870. The molecule has 0 aliphatic carbocycles. The van der Waals surface area contributed by atoms with Gasteiger partial charge >= 0.3 is 0 Å². The van der Waals surface area contributed by atoms with Crippen LogP contribution in [0.5, 0.6) is 17.4 Å². The topological polar surface area (TPSA) is 100 Å². The van der Waals surface area contributed by atoms with E-state index in [9.17, 15) is 10.2 Å². The Kier molecular flexibility index (Phi) is 5.46. The van der Waals surface area contributed by atoms with Gasteiger partial charge in [-0.25, -0.2) is 0 Å². The van der Waals surface area contributed by atoms with Crippen LogP contribution in [0.2, 0.25) is 5.02 Å². The number of thioether (sulfide) groups is 1. The van der Waals surface area contributed by atoms with Crippen molar-refractivity contribution in [2.45, 2.75) is 17.1 Å². The first-order valence-electron chi connectivity index (χ1n) is 9.73. The fourth-order valence-electron chi connectivity index (χ4n) is 3.29. The maximum atomic E-state index is 9.95. The summed E-state index contributed by atoms with van der Waals surface area (Å²) >= 11 is 7.39. The number of benzene rings is 3. The van der Waals surface area contributed by atoms with Crippen LogP contribution in [-0.2, 0) is 5.75 Å². The van der Waals surface area contributed by atoms with Crippen molar-refractivity contribution >= 4 is 29.1 Å². The quantitative estimate of drug-likeness (QED) is 0.272. The van der Waals surface area contributed by atoms with Gasteiger partial charge in [-0.3, -0.25) is 0 Å². The normalized spacial score (nSPS) is 14.5. The maximum Gasteiger partial charge on any atom is 0.247 e. The number of fused-ring (bicyclic) bond motifs is 3. The first kappa shape index (κ1) is 20.4. The summed E-state index contributed by atoms with van der Waals surface area (Å²) in [7, 11) is 0. The summed E-state index contributed by atoms with van der Waals surface area (Å²) in [5.74, 6) is 0.550. The standard InChI is InChI=1S/C23H17ClN4O3S/c24-15-8-5-13(6-9-15)12-32-23-26-22-20(27-28-23)16-3-1-2-4-17(16)25-21(31-22)14-7-10-18(29)19(30)11-14/h1-11,21,25,29-30H,12H2/t21-/m1/s1. The summed E-state index contributed by atoms with van der Waals surface area (Å²) in [6.07, 6.45) is -0.658. The van der Waals surface area contributed by atoms with Crippen LogP contribution in [0.1, 0.15) is 17.4 Å². The molecule has 4 aromatic rings. The Bertz CT molecular complexity index is 1290. The number of halogens is 1. The average molecular weight is 465 g/mol. The summed E-state index contributed by atoms with van der Waals surface area (Å²) in [5, 5.41) is 32.8. The number of aromatic nitrogens is 3. The van der Waals surface area contributed by atoms with Crippen LogP contribution < -0.4 is 10.1 Å². The van der Waals surface area contributed by atoms with Gasteiger partial charge in [-0.1, -0.05) is 53.7 Å². The molecule has 1 aliphatic rings. The molecule has 5 rings (SSSR count). The van der Waals surface area contributed by atoms with Gasteiger partial charge in [-0.2, -0.15) is 4.98 Å². The Labute approximate surface area is 193 Å². The van der Waals surface area contributed by atoms with Crippen LogP contribution >= 0.6 is 23.4 Å². The predicted molar refractivity (Wildman–Crippen MR) is 123 cm³/mol. The monoisotopic (exact) mass is 464 g/mol. The number of para-hydroxylation sites is 1. The van der Waals surface area contributed by atoms with Gasteiger partial charge in [-0.15, -0.1) is 10.2 Å². The Morgan fingerprint density at radius 2 is 1.78 bits per heavy atom. The zero-order chi connectivity index (χ0) is 22.1. The van der Waals surface area contributed by atoms with Crippen LogP contribution in [0.3, 0.4) is 0 Å². The molecular weight excluding hydrogens is 448 g/mol. The van der Waals surface area contributed by atoms with Crippen LogP contribution in [-0.4, -0.2) is 25.4 Å². The minimum absolute atomic E-state index is 0.201. The number of nitrogens with one attached hydrogen (secondary N) is 1. The van der Waals surface area contributed by atoms with Crippen LogP contribution in [0.15, 0.2) is 71.9 Å². The zero-order valence-corrected chi connectivity index (χ0v) is 18.1. The molecule has 9 heteroatoms. The van der Waals surface area contributed by atoms with E-state index in [4.69, 9.17) is 16.3 Å². The number of aromatic hydroxyl groups is 2. The van der Waals surface area contributed by atoms with Crippen molar-refractivity contribution in [2.24, 2.45) is 0 Å². The first-order chi connectivity index (χ1) is 15.6. The highest BCUT2D eigenvalue weighted by atomic mass is 35.5.